The van der Waals surface area contributed by atoms with E-state index in [9.17, 15) is 9.18 Å². The Morgan fingerprint density at radius 2 is 1.90 bits per heavy atom. The Hall–Kier alpha value is -2.56. The number of oxime groups is 1. The lowest BCUT2D eigenvalue weighted by atomic mass is 10.2. The van der Waals surface area contributed by atoms with Crippen LogP contribution in [-0.2, 0) is 9.63 Å². The summed E-state index contributed by atoms with van der Waals surface area (Å²) in [6, 6.07) is 10.3. The summed E-state index contributed by atoms with van der Waals surface area (Å²) < 4.78 is 12.3. The third-order valence-corrected chi connectivity index (χ3v) is 2.47. The largest absolute Gasteiger partial charge is 0.331 e. The molecule has 0 fully saturated rings. The molecule has 1 aromatic carbocycles. The molecule has 0 unspecified atom stereocenters. The van der Waals surface area contributed by atoms with Crippen molar-refractivity contribution in [2.45, 2.75) is 20.8 Å². The van der Waals surface area contributed by atoms with Crippen molar-refractivity contribution in [3.05, 3.63) is 65.7 Å². The SMILES string of the molecule is CC(=O)O/N=C(\C)c1cccnc1.Cc1ccccc1F. The number of benzene rings is 1. The second-order valence-electron chi connectivity index (χ2n) is 4.25. The van der Waals surface area contributed by atoms with Crippen LogP contribution in [0.5, 0.6) is 0 Å². The van der Waals surface area contributed by atoms with Crippen molar-refractivity contribution in [1.29, 1.82) is 0 Å². The molecule has 4 nitrogen and oxygen atoms in total. The summed E-state index contributed by atoms with van der Waals surface area (Å²) in [6.45, 7) is 4.80. The molecule has 1 aromatic heterocycles. The fourth-order valence-corrected chi connectivity index (χ4v) is 1.31. The van der Waals surface area contributed by atoms with Gasteiger partial charge in [0.2, 0.25) is 0 Å². The molecule has 0 amide bonds. The topological polar surface area (TPSA) is 51.5 Å². The number of aromatic nitrogens is 1. The molecule has 0 radical (unpaired) electrons. The highest BCUT2D eigenvalue weighted by molar-refractivity contribution is 5.98. The number of halogens is 1. The minimum atomic E-state index is -0.428. The van der Waals surface area contributed by atoms with Crippen molar-refractivity contribution in [1.82, 2.24) is 4.98 Å². The Balaban J connectivity index is 0.000000235. The second-order valence-corrected chi connectivity index (χ2v) is 4.25. The summed E-state index contributed by atoms with van der Waals surface area (Å²) in [4.78, 5) is 18.8. The van der Waals surface area contributed by atoms with Crippen LogP contribution in [-0.4, -0.2) is 16.7 Å². The van der Waals surface area contributed by atoms with Gasteiger partial charge in [-0.25, -0.2) is 9.18 Å². The monoisotopic (exact) mass is 288 g/mol. The van der Waals surface area contributed by atoms with Crippen molar-refractivity contribution in [3.63, 3.8) is 0 Å². The first-order chi connectivity index (χ1) is 10.0. The molecule has 21 heavy (non-hydrogen) atoms. The maximum atomic E-state index is 12.3. The molecule has 0 saturated carbocycles. The molecule has 0 aliphatic carbocycles. The van der Waals surface area contributed by atoms with Crippen LogP contribution in [0.2, 0.25) is 0 Å². The molecule has 0 aliphatic heterocycles. The summed E-state index contributed by atoms with van der Waals surface area (Å²) in [6.07, 6.45) is 3.32. The molecule has 0 N–H and O–H groups in total. The number of aryl methyl sites for hydroxylation is 1. The number of hydrogen-bond acceptors (Lipinski definition) is 4. The van der Waals surface area contributed by atoms with Crippen molar-refractivity contribution in [3.8, 4) is 0 Å². The molecule has 110 valence electrons. The van der Waals surface area contributed by atoms with Gasteiger partial charge in [-0.05, 0) is 37.6 Å². The first-order valence-electron chi connectivity index (χ1n) is 6.34. The highest BCUT2D eigenvalue weighted by Crippen LogP contribution is 2.02. The Morgan fingerprint density at radius 1 is 1.19 bits per heavy atom. The predicted molar refractivity (Wildman–Crippen MR) is 79.4 cm³/mol. The lowest BCUT2D eigenvalue weighted by Crippen LogP contribution is -1.99. The molecule has 0 aliphatic rings. The molecule has 0 spiro atoms. The highest BCUT2D eigenvalue weighted by Gasteiger charge is 1.97. The Labute approximate surface area is 123 Å². The smallest absolute Gasteiger partial charge is 0.318 e. The number of carbonyl (C=O) groups is 1. The summed E-state index contributed by atoms with van der Waals surface area (Å²) in [7, 11) is 0. The van der Waals surface area contributed by atoms with E-state index in [0.717, 1.165) is 5.56 Å². The Morgan fingerprint density at radius 3 is 2.38 bits per heavy atom. The maximum Gasteiger partial charge on any atom is 0.331 e. The van der Waals surface area contributed by atoms with Crippen molar-refractivity contribution in [2.24, 2.45) is 5.16 Å². The van der Waals surface area contributed by atoms with E-state index < -0.39 is 5.97 Å². The third kappa shape index (κ3) is 6.42. The van der Waals surface area contributed by atoms with Crippen molar-refractivity contribution >= 4 is 11.7 Å². The van der Waals surface area contributed by atoms with Crippen LogP contribution in [0.25, 0.3) is 0 Å². The number of nitrogens with zero attached hydrogens (tertiary/aromatic N) is 2. The second kappa shape index (κ2) is 8.58. The number of rotatable bonds is 2. The van der Waals surface area contributed by atoms with E-state index in [4.69, 9.17) is 0 Å². The van der Waals surface area contributed by atoms with Crippen LogP contribution in [0.1, 0.15) is 25.0 Å². The van der Waals surface area contributed by atoms with Crippen molar-refractivity contribution in [2.75, 3.05) is 0 Å². The third-order valence-electron chi connectivity index (χ3n) is 2.47. The normalized spacial score (nSPS) is 10.4. The fourth-order valence-electron chi connectivity index (χ4n) is 1.31. The molecule has 0 saturated heterocycles. The van der Waals surface area contributed by atoms with E-state index in [1.54, 1.807) is 44.4 Å². The van der Waals surface area contributed by atoms with Gasteiger partial charge >= 0.3 is 5.97 Å². The van der Waals surface area contributed by atoms with Gasteiger partial charge in [0.25, 0.3) is 0 Å². The number of pyridine rings is 1. The van der Waals surface area contributed by atoms with Gasteiger partial charge in [0.05, 0.1) is 5.71 Å². The Kier molecular flexibility index (Phi) is 6.74. The zero-order valence-electron chi connectivity index (χ0n) is 12.2. The molecule has 0 atom stereocenters. The summed E-state index contributed by atoms with van der Waals surface area (Å²) in [5.74, 6) is -0.559. The first kappa shape index (κ1) is 16.5. The highest BCUT2D eigenvalue weighted by atomic mass is 19.1. The molecule has 2 aromatic rings. The molecule has 1 heterocycles. The van der Waals surface area contributed by atoms with Gasteiger partial charge in [0, 0.05) is 24.9 Å². The van der Waals surface area contributed by atoms with Crippen LogP contribution in [0.3, 0.4) is 0 Å². The van der Waals surface area contributed by atoms with Gasteiger partial charge in [0.15, 0.2) is 0 Å². The van der Waals surface area contributed by atoms with Gasteiger partial charge in [-0.2, -0.15) is 0 Å². The maximum absolute atomic E-state index is 12.3. The van der Waals surface area contributed by atoms with E-state index in [1.807, 2.05) is 12.1 Å². The minimum Gasteiger partial charge on any atom is -0.318 e. The van der Waals surface area contributed by atoms with E-state index in [1.165, 1.54) is 13.0 Å². The summed E-state index contributed by atoms with van der Waals surface area (Å²) in [5, 5.41) is 3.62. The van der Waals surface area contributed by atoms with Crippen molar-refractivity contribution < 1.29 is 14.0 Å². The zero-order valence-corrected chi connectivity index (χ0v) is 12.2. The average Bonchev–Trinajstić information content (AvgIpc) is 2.49. The minimum absolute atomic E-state index is 0.132. The fraction of sp³-hybridized carbons (Fsp3) is 0.188. The zero-order chi connectivity index (χ0) is 15.7. The lowest BCUT2D eigenvalue weighted by molar-refractivity contribution is -0.140. The van der Waals surface area contributed by atoms with Crippen LogP contribution in [0, 0.1) is 12.7 Å². The van der Waals surface area contributed by atoms with Gasteiger partial charge < -0.3 is 4.84 Å². The predicted octanol–water partition coefficient (Wildman–Crippen LogP) is 3.50. The summed E-state index contributed by atoms with van der Waals surface area (Å²) in [5.41, 5.74) is 2.17. The van der Waals surface area contributed by atoms with Gasteiger partial charge in [-0.15, -0.1) is 0 Å². The quantitative estimate of drug-likeness (QED) is 0.483. The van der Waals surface area contributed by atoms with E-state index >= 15 is 0 Å². The number of carbonyl (C=O) groups excluding carboxylic acids is 1. The van der Waals surface area contributed by atoms with E-state index in [0.29, 0.717) is 11.3 Å². The van der Waals surface area contributed by atoms with Gasteiger partial charge in [-0.1, -0.05) is 23.4 Å². The van der Waals surface area contributed by atoms with Gasteiger partial charge in [-0.3, -0.25) is 4.98 Å². The number of hydrogen-bond donors (Lipinski definition) is 0. The Bertz CT molecular complexity index is 592. The van der Waals surface area contributed by atoms with Crippen LogP contribution in [0.4, 0.5) is 4.39 Å². The average molecular weight is 288 g/mol. The van der Waals surface area contributed by atoms with Gasteiger partial charge in [0.1, 0.15) is 5.82 Å². The first-order valence-corrected chi connectivity index (χ1v) is 6.34. The van der Waals surface area contributed by atoms with E-state index in [-0.39, 0.29) is 5.82 Å². The standard InChI is InChI=1S/C9H10N2O2.C7H7F/c1-7(11-13-8(2)12)9-4-3-5-10-6-9;1-6-4-2-3-5-7(6)8/h3-6H,1-2H3;2-5H,1H3/b11-7+;. The molecular weight excluding hydrogens is 271 g/mol. The molecule has 0 bridgehead atoms. The van der Waals surface area contributed by atoms with Crippen LogP contribution in [0.15, 0.2) is 53.9 Å². The lowest BCUT2D eigenvalue weighted by Gasteiger charge is -1.97. The molecular formula is C16H17FN2O2. The summed E-state index contributed by atoms with van der Waals surface area (Å²) >= 11 is 0. The van der Waals surface area contributed by atoms with Crippen LogP contribution >= 0.6 is 0 Å². The molecule has 5 heteroatoms. The van der Waals surface area contributed by atoms with Crippen LogP contribution < -0.4 is 0 Å². The van der Waals surface area contributed by atoms with E-state index in [2.05, 4.69) is 15.0 Å². The molecule has 2 rings (SSSR count).